The number of allylic oxidation sites excluding steroid dienone is 3. The van der Waals surface area contributed by atoms with Gasteiger partial charge in [-0.05, 0) is 94.7 Å². The van der Waals surface area contributed by atoms with Crippen molar-refractivity contribution in [2.45, 2.75) is 190 Å². The predicted octanol–water partition coefficient (Wildman–Crippen LogP) is 6.80. The van der Waals surface area contributed by atoms with Gasteiger partial charge in [0, 0.05) is 60.3 Å². The van der Waals surface area contributed by atoms with Crippen molar-refractivity contribution >= 4 is 71.0 Å². The molecule has 0 radical (unpaired) electrons. The van der Waals surface area contributed by atoms with Gasteiger partial charge in [-0.3, -0.25) is 38.5 Å². The van der Waals surface area contributed by atoms with E-state index in [2.05, 4.69) is 46.5 Å². The van der Waals surface area contributed by atoms with Gasteiger partial charge in [0.15, 0.2) is 0 Å². The van der Waals surface area contributed by atoms with Crippen molar-refractivity contribution in [3.63, 3.8) is 0 Å². The molecule has 3 heterocycles. The SMILES string of the molecule is CC.CC.CC1=C[C@H]2OC3CCC(C)(COC3)[C@@]2(COC(=O)C(CCCOC(=O)/C=C/C=C\C(=O)O)NC(=O)C(C)(C)C(C)C(=O)OCc2ccc(NC(=O)C(CCCNC(N)=O)NC(=O)C(NC(=O)CCCCCN3C(=O)C=CC3=O)C(C)C)cc2)CC1. The van der Waals surface area contributed by atoms with E-state index in [0.717, 1.165) is 42.4 Å². The van der Waals surface area contributed by atoms with E-state index in [1.807, 2.05) is 27.7 Å². The number of esters is 3. The Balaban J connectivity index is 0.00000507. The second-order valence-corrected chi connectivity index (χ2v) is 23.5. The molecule has 3 aliphatic heterocycles. The van der Waals surface area contributed by atoms with E-state index in [9.17, 15) is 52.7 Å². The van der Waals surface area contributed by atoms with Gasteiger partial charge in [0.25, 0.3) is 11.8 Å². The van der Waals surface area contributed by atoms with Crippen LogP contribution in [0.15, 0.2) is 72.4 Å². The van der Waals surface area contributed by atoms with Gasteiger partial charge in [0.05, 0.1) is 43.4 Å². The predicted molar refractivity (Wildman–Crippen MR) is 332 cm³/mol. The van der Waals surface area contributed by atoms with Crippen LogP contribution >= 0.6 is 0 Å². The number of primary amides is 1. The number of carboxylic acid groups (broad SMARTS) is 1. The molecule has 2 saturated heterocycles. The first kappa shape index (κ1) is 75.5. The van der Waals surface area contributed by atoms with Gasteiger partial charge in [0.1, 0.15) is 31.3 Å². The maximum atomic E-state index is 14.3. The number of carbonyl (C=O) groups excluding carboxylic acids is 10. The number of unbranched alkanes of at least 4 members (excludes halogenated alkanes) is 2. The van der Waals surface area contributed by atoms with E-state index < -0.39 is 93.8 Å². The minimum absolute atomic E-state index is 0.0132. The second-order valence-electron chi connectivity index (χ2n) is 23.5. The van der Waals surface area contributed by atoms with Crippen molar-refractivity contribution in [3.8, 4) is 0 Å². The normalized spacial score (nSPS) is 20.8. The van der Waals surface area contributed by atoms with E-state index in [4.69, 9.17) is 34.5 Å². The summed E-state index contributed by atoms with van der Waals surface area (Å²) in [6.45, 7) is 21.2. The van der Waals surface area contributed by atoms with Crippen molar-refractivity contribution in [1.82, 2.24) is 26.2 Å². The summed E-state index contributed by atoms with van der Waals surface area (Å²) in [5.41, 5.74) is 4.78. The standard InChI is InChI=1S/C61H85N7O17.2C2H6/c1-38(2)52(67-47(69)17-9-8-12-31-68-48(70)24-25-49(68)71)54(76)65-44(15-13-30-63-58(62)80)53(75)64-42-22-20-41(21-23-42)34-83-55(77)40(4)59(5,6)57(79)66-45(16-14-32-82-51(74)19-11-10-18-50(72)73)56(78)84-37-61-29-26-39(3)33-46(61)85-43-27-28-60(61,7)36-81-35-43;2*1-2/h10-11,18-25,33,38,40,43-46,52H,8-9,12-17,26-32,34-37H2,1-7H3,(H,64,75)(H,65,76)(H,66,79)(H,67,69)(H,72,73)(H3,62,63,80);2*1-2H3/b18-10-,19-11+;;/t40?,43?,44?,45?,46-,52?,60?,61-;;/m1../s1. The Hall–Kier alpha value is -7.73. The molecular weight excluding hydrogens is 1150 g/mol. The van der Waals surface area contributed by atoms with Crippen LogP contribution in [0.5, 0.6) is 0 Å². The van der Waals surface area contributed by atoms with Crippen LogP contribution in [0.1, 0.15) is 159 Å². The van der Waals surface area contributed by atoms with Gasteiger partial charge in [-0.15, -0.1) is 0 Å². The van der Waals surface area contributed by atoms with Gasteiger partial charge in [-0.2, -0.15) is 0 Å². The fraction of sp³-hybridized carbons (Fsp3) is 0.615. The average Bonchev–Trinajstić information content (AvgIpc) is 1.78. The highest BCUT2D eigenvalue weighted by Crippen LogP contribution is 2.56. The van der Waals surface area contributed by atoms with Gasteiger partial charge in [0.2, 0.25) is 23.6 Å². The lowest BCUT2D eigenvalue weighted by atomic mass is 9.56. The van der Waals surface area contributed by atoms with E-state index in [-0.39, 0.29) is 95.0 Å². The van der Waals surface area contributed by atoms with Crippen molar-refractivity contribution in [3.05, 3.63) is 77.9 Å². The lowest BCUT2D eigenvalue weighted by molar-refractivity contribution is -0.188. The number of ether oxygens (including phenoxy) is 5. The highest BCUT2D eigenvalue weighted by atomic mass is 16.6. The van der Waals surface area contributed by atoms with Crippen molar-refractivity contribution in [2.24, 2.45) is 33.8 Å². The molecule has 8 atom stereocenters. The van der Waals surface area contributed by atoms with E-state index in [0.29, 0.717) is 50.1 Å². The minimum atomic E-state index is -1.44. The average molecular weight is 1250 g/mol. The molecule has 0 spiro atoms. The zero-order valence-corrected chi connectivity index (χ0v) is 53.8. The van der Waals surface area contributed by atoms with Crippen LogP contribution in [0.3, 0.4) is 0 Å². The Morgan fingerprint density at radius 1 is 0.809 bits per heavy atom. The van der Waals surface area contributed by atoms with Crippen LogP contribution in [0.2, 0.25) is 0 Å². The van der Waals surface area contributed by atoms with Crippen molar-refractivity contribution < 1.29 is 81.5 Å². The van der Waals surface area contributed by atoms with Crippen LogP contribution in [0.4, 0.5) is 10.5 Å². The fourth-order valence-electron chi connectivity index (χ4n) is 10.5. The molecule has 0 saturated carbocycles. The molecular formula is C65H97N7O17. The number of anilines is 1. The first-order valence-electron chi connectivity index (χ1n) is 31.1. The number of hydrogen-bond donors (Lipinski definition) is 7. The Labute approximate surface area is 523 Å². The summed E-state index contributed by atoms with van der Waals surface area (Å²) in [5.74, 6) is -7.81. The first-order chi connectivity index (χ1) is 42.2. The third-order valence-electron chi connectivity index (χ3n) is 16.4. The molecule has 494 valence electrons. The second kappa shape index (κ2) is 37.3. The summed E-state index contributed by atoms with van der Waals surface area (Å²) >= 11 is 0. The number of amides is 8. The molecule has 89 heavy (non-hydrogen) atoms. The maximum Gasteiger partial charge on any atom is 0.330 e. The van der Waals surface area contributed by atoms with Crippen molar-refractivity contribution in [2.75, 3.05) is 44.8 Å². The minimum Gasteiger partial charge on any atom is -0.478 e. The lowest BCUT2D eigenvalue weighted by Crippen LogP contribution is -2.56. The summed E-state index contributed by atoms with van der Waals surface area (Å²) < 4.78 is 29.9. The zero-order chi connectivity index (χ0) is 66.5. The number of benzene rings is 1. The third-order valence-corrected chi connectivity index (χ3v) is 16.4. The molecule has 6 unspecified atom stereocenters. The molecule has 24 heteroatoms. The number of imide groups is 1. The van der Waals surface area contributed by atoms with E-state index in [1.54, 1.807) is 52.0 Å². The molecule has 2 bridgehead atoms. The molecule has 5 rings (SSSR count). The van der Waals surface area contributed by atoms with Gasteiger partial charge in [-0.25, -0.2) is 19.2 Å². The van der Waals surface area contributed by atoms with Crippen LogP contribution in [-0.4, -0.2) is 145 Å². The Kier molecular flexibility index (Phi) is 31.7. The third kappa shape index (κ3) is 23.3. The molecule has 0 aromatic heterocycles. The Bertz CT molecular complexity index is 2700. The monoisotopic (exact) mass is 1250 g/mol. The topological polar surface area (TPSA) is 344 Å². The lowest BCUT2D eigenvalue weighted by Gasteiger charge is -2.52. The maximum absolute atomic E-state index is 14.3. The fourth-order valence-corrected chi connectivity index (χ4v) is 10.5. The molecule has 24 nitrogen and oxygen atoms in total. The highest BCUT2D eigenvalue weighted by Gasteiger charge is 2.58. The van der Waals surface area contributed by atoms with E-state index in [1.165, 1.54) is 30.7 Å². The molecule has 8 amide bonds. The Morgan fingerprint density at radius 3 is 2.12 bits per heavy atom. The number of carbonyl (C=O) groups is 11. The largest absolute Gasteiger partial charge is 0.478 e. The Morgan fingerprint density at radius 2 is 1.47 bits per heavy atom. The molecule has 8 N–H and O–H groups in total. The van der Waals surface area contributed by atoms with Gasteiger partial charge in [-0.1, -0.05) is 112 Å². The number of aliphatic carboxylic acids is 1. The first-order valence-corrected chi connectivity index (χ1v) is 31.1. The number of urea groups is 1. The summed E-state index contributed by atoms with van der Waals surface area (Å²) in [6, 6.07) is 2.23. The number of carboxylic acids is 1. The van der Waals surface area contributed by atoms with Crippen LogP contribution in [0, 0.1) is 28.1 Å². The summed E-state index contributed by atoms with van der Waals surface area (Å²) in [4.78, 5) is 142. The zero-order valence-electron chi connectivity index (χ0n) is 53.8. The number of nitrogens with two attached hydrogens (primary N) is 1. The number of nitrogens with one attached hydrogen (secondary N) is 5. The van der Waals surface area contributed by atoms with Gasteiger partial charge >= 0.3 is 29.9 Å². The molecule has 4 aliphatic rings. The quantitative estimate of drug-likeness (QED) is 0.00741. The summed E-state index contributed by atoms with van der Waals surface area (Å²) in [7, 11) is 0. The number of fused-ring (bicyclic) bond motifs is 5. The van der Waals surface area contributed by atoms with Crippen LogP contribution < -0.4 is 32.3 Å². The molecule has 1 aromatic rings. The van der Waals surface area contributed by atoms with Crippen LogP contribution in [-0.2, 0) is 78.2 Å². The highest BCUT2D eigenvalue weighted by molar-refractivity contribution is 6.12. The number of hydrogen-bond acceptors (Lipinski definition) is 16. The van der Waals surface area contributed by atoms with E-state index >= 15 is 0 Å². The van der Waals surface area contributed by atoms with Crippen molar-refractivity contribution in [1.29, 1.82) is 0 Å². The number of nitrogens with zero attached hydrogens (tertiary/aromatic N) is 1. The van der Waals surface area contributed by atoms with Crippen LogP contribution in [0.25, 0.3) is 0 Å². The smallest absolute Gasteiger partial charge is 0.330 e. The molecule has 1 aromatic carbocycles. The number of rotatable bonds is 32. The molecule has 1 aliphatic carbocycles. The molecule has 2 fully saturated rings. The van der Waals surface area contributed by atoms with Gasteiger partial charge < -0.3 is 61.1 Å². The summed E-state index contributed by atoms with van der Waals surface area (Å²) in [6.07, 6.45) is 13.4. The summed E-state index contributed by atoms with van der Waals surface area (Å²) in [5, 5.41) is 22.3.